The molecule has 1 fully saturated rings. The minimum atomic E-state index is 0.0588. The summed E-state index contributed by atoms with van der Waals surface area (Å²) in [4.78, 5) is 32.9. The van der Waals surface area contributed by atoms with Gasteiger partial charge in [0, 0.05) is 57.5 Å². The summed E-state index contributed by atoms with van der Waals surface area (Å²) in [5.74, 6) is 0.188. The quantitative estimate of drug-likeness (QED) is 0.600. The normalized spacial score (nSPS) is 21.0. The van der Waals surface area contributed by atoms with Crippen molar-refractivity contribution in [3.05, 3.63) is 64.7 Å². The molecule has 2 aromatic carbocycles. The highest BCUT2D eigenvalue weighted by atomic mass is 16.5. The van der Waals surface area contributed by atoms with E-state index in [2.05, 4.69) is 60.0 Å². The maximum atomic E-state index is 13.3. The van der Waals surface area contributed by atoms with Gasteiger partial charge in [0.2, 0.25) is 11.8 Å². The van der Waals surface area contributed by atoms with Crippen molar-refractivity contribution in [2.75, 3.05) is 31.7 Å². The summed E-state index contributed by atoms with van der Waals surface area (Å²) in [6.07, 6.45) is 4.30. The number of methoxy groups -OCH3 is 1. The van der Waals surface area contributed by atoms with Crippen LogP contribution in [0.25, 0.3) is 0 Å². The number of anilines is 1. The number of carbonyl (C=O) groups is 2. The van der Waals surface area contributed by atoms with E-state index >= 15 is 0 Å². The number of fused-ring (bicyclic) bond motifs is 3. The fourth-order valence-corrected chi connectivity index (χ4v) is 5.87. The summed E-state index contributed by atoms with van der Waals surface area (Å²) in [5, 5.41) is 0. The van der Waals surface area contributed by atoms with Crippen molar-refractivity contribution in [2.45, 2.75) is 78.0 Å². The Balaban J connectivity index is 1.75. The van der Waals surface area contributed by atoms with E-state index in [9.17, 15) is 9.59 Å². The van der Waals surface area contributed by atoms with Crippen LogP contribution in [0.15, 0.2) is 42.5 Å². The molecule has 2 bridgehead atoms. The van der Waals surface area contributed by atoms with Crippen molar-refractivity contribution in [1.29, 1.82) is 0 Å². The molecule has 2 heterocycles. The molecule has 0 N–H and O–H groups in total. The minimum Gasteiger partial charge on any atom is -0.375 e. The number of rotatable bonds is 5. The molecule has 0 aromatic heterocycles. The standard InChI is InChI=1S/C30H41N3O3/c1-5-29(34)32-16-15-26-10-8-11-27(33(26)30(35)21-36-4)20-31(19-25-9-6-7-12-28(25)32)18-24-14-13-22(2)23(3)17-24/h6-7,9,12-14,17,26-27H,5,8,10-11,15-16,18-21H2,1-4H3. The number of carbonyl (C=O) groups excluding carboxylic acids is 2. The number of piperidine rings is 1. The van der Waals surface area contributed by atoms with E-state index in [1.54, 1.807) is 7.11 Å². The monoisotopic (exact) mass is 491 g/mol. The lowest BCUT2D eigenvalue weighted by Gasteiger charge is -2.44. The van der Waals surface area contributed by atoms with Crippen molar-refractivity contribution in [1.82, 2.24) is 9.80 Å². The number of nitrogens with zero attached hydrogens (tertiary/aromatic N) is 3. The number of para-hydroxylation sites is 1. The highest BCUT2D eigenvalue weighted by Gasteiger charge is 2.36. The van der Waals surface area contributed by atoms with Gasteiger partial charge in [0.1, 0.15) is 6.61 Å². The highest BCUT2D eigenvalue weighted by molar-refractivity contribution is 5.94. The first kappa shape index (κ1) is 26.4. The van der Waals surface area contributed by atoms with Crippen LogP contribution in [0.1, 0.15) is 61.3 Å². The Bertz CT molecular complexity index is 1070. The first-order chi connectivity index (χ1) is 17.4. The van der Waals surface area contributed by atoms with Gasteiger partial charge in [-0.15, -0.1) is 0 Å². The molecule has 6 heteroatoms. The van der Waals surface area contributed by atoms with Crippen LogP contribution in [0.5, 0.6) is 0 Å². The second-order valence-corrected chi connectivity index (χ2v) is 10.4. The Labute approximate surface area is 216 Å². The van der Waals surface area contributed by atoms with E-state index in [1.165, 1.54) is 16.7 Å². The minimum absolute atomic E-state index is 0.0588. The number of ether oxygens (including phenoxy) is 1. The van der Waals surface area contributed by atoms with Crippen LogP contribution in [0.2, 0.25) is 0 Å². The molecule has 0 saturated carbocycles. The van der Waals surface area contributed by atoms with Crippen molar-refractivity contribution in [3.63, 3.8) is 0 Å². The van der Waals surface area contributed by atoms with Crippen molar-refractivity contribution in [3.8, 4) is 0 Å². The molecule has 2 aliphatic rings. The summed E-state index contributed by atoms with van der Waals surface area (Å²) in [7, 11) is 1.59. The molecule has 0 radical (unpaired) electrons. The molecule has 2 aliphatic heterocycles. The molecular formula is C30H41N3O3. The van der Waals surface area contributed by atoms with Gasteiger partial charge in [-0.05, 0) is 67.9 Å². The Morgan fingerprint density at radius 3 is 2.50 bits per heavy atom. The summed E-state index contributed by atoms with van der Waals surface area (Å²) >= 11 is 0. The smallest absolute Gasteiger partial charge is 0.249 e. The van der Waals surface area contributed by atoms with Crippen LogP contribution >= 0.6 is 0 Å². The summed E-state index contributed by atoms with van der Waals surface area (Å²) in [5.41, 5.74) is 6.02. The predicted octanol–water partition coefficient (Wildman–Crippen LogP) is 4.85. The number of hydrogen-bond acceptors (Lipinski definition) is 4. The van der Waals surface area contributed by atoms with E-state index in [0.29, 0.717) is 13.0 Å². The van der Waals surface area contributed by atoms with Gasteiger partial charge in [-0.25, -0.2) is 0 Å². The van der Waals surface area contributed by atoms with Gasteiger partial charge in [0.15, 0.2) is 0 Å². The van der Waals surface area contributed by atoms with Crippen LogP contribution in [-0.2, 0) is 27.4 Å². The second kappa shape index (κ2) is 12.0. The number of hydrogen-bond donors (Lipinski definition) is 0. The SMILES string of the molecule is CCC(=O)N1CCC2CCCC(CN(Cc3ccc(C)c(C)c3)Cc3ccccc31)N2C(=O)COC. The van der Waals surface area contributed by atoms with Gasteiger partial charge in [0.05, 0.1) is 0 Å². The summed E-state index contributed by atoms with van der Waals surface area (Å²) in [6.45, 7) is 9.27. The van der Waals surface area contributed by atoms with Gasteiger partial charge in [-0.3, -0.25) is 14.5 Å². The zero-order valence-corrected chi connectivity index (χ0v) is 22.3. The fourth-order valence-electron chi connectivity index (χ4n) is 5.87. The Kier molecular flexibility index (Phi) is 8.81. The number of benzene rings is 2. The molecule has 194 valence electrons. The molecule has 2 amide bonds. The lowest BCUT2D eigenvalue weighted by atomic mass is 9.92. The van der Waals surface area contributed by atoms with E-state index in [0.717, 1.165) is 56.6 Å². The van der Waals surface area contributed by atoms with Crippen molar-refractivity contribution < 1.29 is 14.3 Å². The van der Waals surface area contributed by atoms with E-state index in [1.807, 2.05) is 17.9 Å². The Hall–Kier alpha value is -2.70. The van der Waals surface area contributed by atoms with Gasteiger partial charge in [0.25, 0.3) is 0 Å². The highest BCUT2D eigenvalue weighted by Crippen LogP contribution is 2.31. The lowest BCUT2D eigenvalue weighted by molar-refractivity contribution is -0.143. The third-order valence-corrected chi connectivity index (χ3v) is 7.83. The van der Waals surface area contributed by atoms with Crippen LogP contribution in [0.3, 0.4) is 0 Å². The van der Waals surface area contributed by atoms with E-state index in [-0.39, 0.29) is 30.5 Å². The third kappa shape index (κ3) is 5.98. The molecular weight excluding hydrogens is 450 g/mol. The molecule has 2 aromatic rings. The average Bonchev–Trinajstić information content (AvgIpc) is 2.88. The molecule has 2 atom stereocenters. The molecule has 6 nitrogen and oxygen atoms in total. The van der Waals surface area contributed by atoms with E-state index in [4.69, 9.17) is 4.74 Å². The summed E-state index contributed by atoms with van der Waals surface area (Å²) < 4.78 is 5.28. The van der Waals surface area contributed by atoms with Gasteiger partial charge >= 0.3 is 0 Å². The Morgan fingerprint density at radius 2 is 1.75 bits per heavy atom. The van der Waals surface area contributed by atoms with Crippen LogP contribution in [0, 0.1) is 13.8 Å². The molecule has 4 rings (SSSR count). The molecule has 1 saturated heterocycles. The Morgan fingerprint density at radius 1 is 0.972 bits per heavy atom. The zero-order valence-electron chi connectivity index (χ0n) is 22.3. The van der Waals surface area contributed by atoms with Crippen molar-refractivity contribution >= 4 is 17.5 Å². The van der Waals surface area contributed by atoms with Crippen LogP contribution in [0.4, 0.5) is 5.69 Å². The molecule has 0 aliphatic carbocycles. The average molecular weight is 492 g/mol. The van der Waals surface area contributed by atoms with Crippen LogP contribution < -0.4 is 4.90 Å². The topological polar surface area (TPSA) is 53.1 Å². The second-order valence-electron chi connectivity index (χ2n) is 10.4. The predicted molar refractivity (Wildman–Crippen MR) is 144 cm³/mol. The van der Waals surface area contributed by atoms with E-state index < -0.39 is 0 Å². The van der Waals surface area contributed by atoms with Crippen molar-refractivity contribution in [2.24, 2.45) is 0 Å². The summed E-state index contributed by atoms with van der Waals surface area (Å²) in [6, 6.07) is 15.2. The molecule has 0 spiro atoms. The first-order valence-corrected chi connectivity index (χ1v) is 13.4. The van der Waals surface area contributed by atoms with Gasteiger partial charge in [-0.2, -0.15) is 0 Å². The van der Waals surface area contributed by atoms with Gasteiger partial charge < -0.3 is 14.5 Å². The van der Waals surface area contributed by atoms with Gasteiger partial charge in [-0.1, -0.05) is 43.3 Å². The number of aryl methyl sites for hydroxylation is 2. The largest absolute Gasteiger partial charge is 0.375 e. The first-order valence-electron chi connectivity index (χ1n) is 13.4. The lowest BCUT2D eigenvalue weighted by Crippen LogP contribution is -2.55. The fraction of sp³-hybridized carbons (Fsp3) is 0.533. The molecule has 2 unspecified atom stereocenters. The maximum Gasteiger partial charge on any atom is 0.249 e. The molecule has 36 heavy (non-hydrogen) atoms. The third-order valence-electron chi connectivity index (χ3n) is 7.83. The van der Waals surface area contributed by atoms with Crippen LogP contribution in [-0.4, -0.2) is 60.5 Å². The number of amides is 2. The maximum absolute atomic E-state index is 13.3. The zero-order chi connectivity index (χ0) is 25.7.